The number of carbonyl (C=O) groups excluding carboxylic acids is 2. The van der Waals surface area contributed by atoms with Gasteiger partial charge in [0.25, 0.3) is 5.91 Å². The maximum absolute atomic E-state index is 12.5. The molecule has 0 radical (unpaired) electrons. The van der Waals surface area contributed by atoms with E-state index in [0.29, 0.717) is 17.9 Å². The lowest BCUT2D eigenvalue weighted by atomic mass is 10.1. The van der Waals surface area contributed by atoms with Crippen molar-refractivity contribution in [1.29, 1.82) is 0 Å². The first kappa shape index (κ1) is 19.1. The molecule has 0 spiro atoms. The molecule has 2 rings (SSSR count). The van der Waals surface area contributed by atoms with Crippen LogP contribution in [-0.2, 0) is 11.3 Å². The van der Waals surface area contributed by atoms with E-state index < -0.39 is 0 Å². The number of rotatable bonds is 7. The lowest BCUT2D eigenvalue weighted by Crippen LogP contribution is -2.31. The first-order chi connectivity index (χ1) is 12.0. The van der Waals surface area contributed by atoms with E-state index in [9.17, 15) is 9.59 Å². The van der Waals surface area contributed by atoms with Gasteiger partial charge in [-0.05, 0) is 38.5 Å². The number of hydrogen-bond acceptors (Lipinski definition) is 3. The van der Waals surface area contributed by atoms with E-state index in [1.165, 1.54) is 17.3 Å². The Morgan fingerprint density at radius 2 is 1.72 bits per heavy atom. The van der Waals surface area contributed by atoms with E-state index in [-0.39, 0.29) is 17.9 Å². The Labute approximate surface area is 153 Å². The Hall–Kier alpha value is -2.27. The minimum Gasteiger partial charge on any atom is -0.353 e. The molecule has 2 N–H and O–H groups in total. The van der Waals surface area contributed by atoms with Gasteiger partial charge >= 0.3 is 0 Å². The molecule has 4 nitrogen and oxygen atoms in total. The molecule has 132 valence electrons. The number of hydrogen-bond donors (Lipinski definition) is 2. The Bertz CT molecular complexity index is 727. The van der Waals surface area contributed by atoms with Crippen LogP contribution in [0, 0.1) is 6.92 Å². The molecule has 5 heteroatoms. The second-order valence-electron chi connectivity index (χ2n) is 6.18. The van der Waals surface area contributed by atoms with E-state index in [2.05, 4.69) is 10.6 Å². The zero-order valence-electron chi connectivity index (χ0n) is 14.8. The molecule has 0 aliphatic carbocycles. The van der Waals surface area contributed by atoms with Gasteiger partial charge in [0.1, 0.15) is 0 Å². The summed E-state index contributed by atoms with van der Waals surface area (Å²) < 4.78 is 0. The van der Waals surface area contributed by atoms with E-state index in [1.807, 2.05) is 63.2 Å². The molecule has 0 unspecified atom stereocenters. The predicted molar refractivity (Wildman–Crippen MR) is 103 cm³/mol. The molecule has 0 atom stereocenters. The third-order valence-corrected chi connectivity index (χ3v) is 4.59. The summed E-state index contributed by atoms with van der Waals surface area (Å²) in [6, 6.07) is 15.5. The normalized spacial score (nSPS) is 10.6. The largest absolute Gasteiger partial charge is 0.353 e. The van der Waals surface area contributed by atoms with Crippen LogP contribution in [-0.4, -0.2) is 23.6 Å². The highest BCUT2D eigenvalue weighted by Gasteiger charge is 2.13. The van der Waals surface area contributed by atoms with Gasteiger partial charge in [-0.1, -0.05) is 42.0 Å². The van der Waals surface area contributed by atoms with Crippen LogP contribution >= 0.6 is 11.8 Å². The summed E-state index contributed by atoms with van der Waals surface area (Å²) >= 11 is 1.38. The van der Waals surface area contributed by atoms with Crippen LogP contribution in [0.25, 0.3) is 0 Å². The third-order valence-electron chi connectivity index (χ3n) is 3.51. The van der Waals surface area contributed by atoms with Gasteiger partial charge in [-0.3, -0.25) is 9.59 Å². The van der Waals surface area contributed by atoms with Crippen molar-refractivity contribution in [2.75, 3.05) is 5.75 Å². The highest BCUT2D eigenvalue weighted by atomic mass is 32.2. The van der Waals surface area contributed by atoms with Gasteiger partial charge in [0, 0.05) is 17.5 Å². The number of amides is 2. The molecule has 0 fully saturated rings. The maximum atomic E-state index is 12.5. The van der Waals surface area contributed by atoms with Crippen molar-refractivity contribution in [2.45, 2.75) is 38.3 Å². The summed E-state index contributed by atoms with van der Waals surface area (Å²) in [4.78, 5) is 25.1. The molecule has 2 aromatic rings. The molecular formula is C20H24N2O2S. The van der Waals surface area contributed by atoms with Crippen LogP contribution in [0.2, 0.25) is 0 Å². The fraction of sp³-hybridized carbons (Fsp3) is 0.300. The van der Waals surface area contributed by atoms with Gasteiger partial charge in [0.2, 0.25) is 5.91 Å². The van der Waals surface area contributed by atoms with Crippen molar-refractivity contribution < 1.29 is 9.59 Å². The fourth-order valence-corrected chi connectivity index (χ4v) is 3.13. The standard InChI is InChI=1S/C20H24N2O2S/c1-14(2)22-19(23)13-25-18-7-5-4-6-17(18)20(24)21-12-16-10-8-15(3)9-11-16/h4-11,14H,12-13H2,1-3H3,(H,21,24)(H,22,23). The van der Waals surface area contributed by atoms with Crippen molar-refractivity contribution in [3.05, 3.63) is 65.2 Å². The molecule has 0 saturated heterocycles. The van der Waals surface area contributed by atoms with Crippen LogP contribution in [0.4, 0.5) is 0 Å². The highest BCUT2D eigenvalue weighted by Crippen LogP contribution is 2.22. The van der Waals surface area contributed by atoms with Gasteiger partial charge in [0.05, 0.1) is 11.3 Å². The lowest BCUT2D eigenvalue weighted by molar-refractivity contribution is -0.119. The molecule has 0 heterocycles. The zero-order valence-corrected chi connectivity index (χ0v) is 15.7. The Morgan fingerprint density at radius 1 is 1.04 bits per heavy atom. The third kappa shape index (κ3) is 6.27. The van der Waals surface area contributed by atoms with Crippen molar-refractivity contribution in [2.24, 2.45) is 0 Å². The second-order valence-corrected chi connectivity index (χ2v) is 7.19. The van der Waals surface area contributed by atoms with Crippen molar-refractivity contribution >= 4 is 23.6 Å². The minimum atomic E-state index is -0.132. The van der Waals surface area contributed by atoms with E-state index in [0.717, 1.165) is 10.5 Å². The highest BCUT2D eigenvalue weighted by molar-refractivity contribution is 8.00. The van der Waals surface area contributed by atoms with Crippen molar-refractivity contribution in [3.8, 4) is 0 Å². The number of thioether (sulfide) groups is 1. The number of nitrogens with one attached hydrogen (secondary N) is 2. The average Bonchev–Trinajstić information content (AvgIpc) is 2.59. The Kier molecular flexibility index (Phi) is 7.07. The van der Waals surface area contributed by atoms with Crippen molar-refractivity contribution in [3.63, 3.8) is 0 Å². The molecule has 2 amide bonds. The smallest absolute Gasteiger partial charge is 0.252 e. The summed E-state index contributed by atoms with van der Waals surface area (Å²) in [6.45, 7) is 6.36. The SMILES string of the molecule is Cc1ccc(CNC(=O)c2ccccc2SCC(=O)NC(C)C)cc1. The van der Waals surface area contributed by atoms with Crippen LogP contribution in [0.5, 0.6) is 0 Å². The van der Waals surface area contributed by atoms with Gasteiger partial charge in [-0.25, -0.2) is 0 Å². The molecule has 0 aromatic heterocycles. The first-order valence-corrected chi connectivity index (χ1v) is 9.29. The van der Waals surface area contributed by atoms with Crippen LogP contribution in [0.1, 0.15) is 35.3 Å². The lowest BCUT2D eigenvalue weighted by Gasteiger charge is -2.11. The number of benzene rings is 2. The van der Waals surface area contributed by atoms with Gasteiger partial charge in [0.15, 0.2) is 0 Å². The van der Waals surface area contributed by atoms with Gasteiger partial charge in [-0.2, -0.15) is 0 Å². The molecule has 0 bridgehead atoms. The summed E-state index contributed by atoms with van der Waals surface area (Å²) in [5, 5.41) is 5.79. The zero-order chi connectivity index (χ0) is 18.2. The number of aryl methyl sites for hydroxylation is 1. The van der Waals surface area contributed by atoms with Gasteiger partial charge < -0.3 is 10.6 Å². The monoisotopic (exact) mass is 356 g/mol. The quantitative estimate of drug-likeness (QED) is 0.746. The summed E-state index contributed by atoms with van der Waals surface area (Å²) in [6.07, 6.45) is 0. The predicted octanol–water partition coefficient (Wildman–Crippen LogP) is 3.54. The van der Waals surface area contributed by atoms with Gasteiger partial charge in [-0.15, -0.1) is 11.8 Å². The molecule has 25 heavy (non-hydrogen) atoms. The van der Waals surface area contributed by atoms with Crippen LogP contribution in [0.15, 0.2) is 53.4 Å². The topological polar surface area (TPSA) is 58.2 Å². The Balaban J connectivity index is 1.97. The fourth-order valence-electron chi connectivity index (χ4n) is 2.27. The molecule has 0 saturated carbocycles. The number of carbonyl (C=O) groups is 2. The minimum absolute atomic E-state index is 0.0325. The van der Waals surface area contributed by atoms with E-state index >= 15 is 0 Å². The van der Waals surface area contributed by atoms with Crippen LogP contribution in [0.3, 0.4) is 0 Å². The average molecular weight is 356 g/mol. The van der Waals surface area contributed by atoms with E-state index in [4.69, 9.17) is 0 Å². The van der Waals surface area contributed by atoms with Crippen molar-refractivity contribution in [1.82, 2.24) is 10.6 Å². The molecule has 0 aliphatic rings. The molecule has 2 aromatic carbocycles. The maximum Gasteiger partial charge on any atom is 0.252 e. The van der Waals surface area contributed by atoms with E-state index in [1.54, 1.807) is 6.07 Å². The van der Waals surface area contributed by atoms with Crippen LogP contribution < -0.4 is 10.6 Å². The second kappa shape index (κ2) is 9.28. The molecular weight excluding hydrogens is 332 g/mol. The summed E-state index contributed by atoms with van der Waals surface area (Å²) in [5.74, 6) is 0.128. The Morgan fingerprint density at radius 3 is 2.40 bits per heavy atom. The summed E-state index contributed by atoms with van der Waals surface area (Å²) in [7, 11) is 0. The summed E-state index contributed by atoms with van der Waals surface area (Å²) in [5.41, 5.74) is 2.84. The first-order valence-electron chi connectivity index (χ1n) is 8.30. The molecule has 0 aliphatic heterocycles.